The van der Waals surface area contributed by atoms with Crippen molar-refractivity contribution in [3.8, 4) is 11.6 Å². The lowest BCUT2D eigenvalue weighted by Gasteiger charge is -2.17. The van der Waals surface area contributed by atoms with E-state index in [0.717, 1.165) is 11.3 Å². The molecule has 1 aromatic carbocycles. The number of fused-ring (bicyclic) bond motifs is 1. The summed E-state index contributed by atoms with van der Waals surface area (Å²) in [5.41, 5.74) is 2.13. The highest BCUT2D eigenvalue weighted by Crippen LogP contribution is 2.29. The number of rotatable bonds is 4. The molecule has 0 fully saturated rings. The van der Waals surface area contributed by atoms with Crippen LogP contribution in [0.4, 0.5) is 11.4 Å². The molecule has 8 heteroatoms. The molecule has 26 heavy (non-hydrogen) atoms. The molecule has 0 aliphatic carbocycles. The van der Waals surface area contributed by atoms with Crippen molar-refractivity contribution in [2.24, 2.45) is 0 Å². The summed E-state index contributed by atoms with van der Waals surface area (Å²) < 4.78 is 10.3. The summed E-state index contributed by atoms with van der Waals surface area (Å²) in [6.07, 6.45) is 2.55. The fourth-order valence-corrected chi connectivity index (χ4v) is 2.43. The Morgan fingerprint density at radius 2 is 2.08 bits per heavy atom. The molecule has 1 aliphatic heterocycles. The minimum absolute atomic E-state index is 0.0190. The SMILES string of the molecule is CCOC(=O)C(=O)Nc1ccc(Oc2ccc3c(c2)NC(=O)CC3)nc1. The van der Waals surface area contributed by atoms with Gasteiger partial charge in [0.05, 0.1) is 18.5 Å². The highest BCUT2D eigenvalue weighted by molar-refractivity contribution is 6.37. The molecular weight excluding hydrogens is 338 g/mol. The van der Waals surface area contributed by atoms with Gasteiger partial charge in [-0.1, -0.05) is 6.07 Å². The number of nitrogens with zero attached hydrogens (tertiary/aromatic N) is 1. The van der Waals surface area contributed by atoms with Crippen LogP contribution in [0.3, 0.4) is 0 Å². The summed E-state index contributed by atoms with van der Waals surface area (Å²) in [5, 5.41) is 5.19. The van der Waals surface area contributed by atoms with E-state index in [4.69, 9.17) is 4.74 Å². The first-order valence-electron chi connectivity index (χ1n) is 8.10. The molecule has 1 aromatic heterocycles. The molecule has 0 radical (unpaired) electrons. The molecule has 8 nitrogen and oxygen atoms in total. The highest BCUT2D eigenvalue weighted by Gasteiger charge is 2.16. The van der Waals surface area contributed by atoms with Crippen LogP contribution in [0.2, 0.25) is 0 Å². The zero-order valence-electron chi connectivity index (χ0n) is 14.1. The Balaban J connectivity index is 1.64. The van der Waals surface area contributed by atoms with Crippen LogP contribution in [0.1, 0.15) is 18.9 Å². The van der Waals surface area contributed by atoms with Crippen molar-refractivity contribution in [3.05, 3.63) is 42.1 Å². The van der Waals surface area contributed by atoms with Gasteiger partial charge in [-0.2, -0.15) is 0 Å². The van der Waals surface area contributed by atoms with Crippen molar-refractivity contribution >= 4 is 29.2 Å². The van der Waals surface area contributed by atoms with Gasteiger partial charge in [-0.15, -0.1) is 0 Å². The first-order valence-corrected chi connectivity index (χ1v) is 8.10. The second kappa shape index (κ2) is 7.64. The van der Waals surface area contributed by atoms with E-state index in [1.807, 2.05) is 6.07 Å². The second-order valence-electron chi connectivity index (χ2n) is 5.53. The molecule has 0 saturated carbocycles. The third-order valence-electron chi connectivity index (χ3n) is 3.65. The number of nitrogens with one attached hydrogen (secondary N) is 2. The highest BCUT2D eigenvalue weighted by atomic mass is 16.5. The van der Waals surface area contributed by atoms with Gasteiger partial charge in [0.15, 0.2) is 0 Å². The summed E-state index contributed by atoms with van der Waals surface area (Å²) >= 11 is 0. The van der Waals surface area contributed by atoms with E-state index in [0.29, 0.717) is 30.2 Å². The average Bonchev–Trinajstić information content (AvgIpc) is 2.63. The molecule has 2 amide bonds. The fraction of sp³-hybridized carbons (Fsp3) is 0.222. The van der Waals surface area contributed by atoms with Gasteiger partial charge in [-0.25, -0.2) is 9.78 Å². The lowest BCUT2D eigenvalue weighted by molar-refractivity contribution is -0.152. The molecule has 0 spiro atoms. The van der Waals surface area contributed by atoms with Crippen LogP contribution >= 0.6 is 0 Å². The van der Waals surface area contributed by atoms with Crippen LogP contribution in [0.25, 0.3) is 0 Å². The number of pyridine rings is 1. The number of amides is 2. The first-order chi connectivity index (χ1) is 12.5. The summed E-state index contributed by atoms with van der Waals surface area (Å²) in [6.45, 7) is 1.74. The van der Waals surface area contributed by atoms with Gasteiger partial charge in [-0.3, -0.25) is 9.59 Å². The van der Waals surface area contributed by atoms with Gasteiger partial charge in [0, 0.05) is 24.2 Å². The predicted octanol–water partition coefficient (Wildman–Crippen LogP) is 2.26. The molecular formula is C18H17N3O5. The maximum absolute atomic E-state index is 11.6. The van der Waals surface area contributed by atoms with Crippen LogP contribution in [0.15, 0.2) is 36.5 Å². The average molecular weight is 355 g/mol. The lowest BCUT2D eigenvalue weighted by Crippen LogP contribution is -2.25. The van der Waals surface area contributed by atoms with Gasteiger partial charge in [0.1, 0.15) is 5.75 Å². The fourth-order valence-electron chi connectivity index (χ4n) is 2.43. The number of aryl methyl sites for hydroxylation is 1. The number of esters is 1. The number of carbonyl (C=O) groups excluding carboxylic acids is 3. The Labute approximate surface area is 149 Å². The molecule has 134 valence electrons. The molecule has 2 heterocycles. The summed E-state index contributed by atoms with van der Waals surface area (Å²) in [5.74, 6) is -1.01. The second-order valence-corrected chi connectivity index (χ2v) is 5.53. The molecule has 0 atom stereocenters. The number of benzene rings is 1. The molecule has 1 aliphatic rings. The standard InChI is InChI=1S/C18H17N3O5/c1-2-25-18(24)17(23)20-12-5-8-16(19-10-12)26-13-6-3-11-4-7-15(22)21-14(11)9-13/h3,5-6,8-10H,2,4,7H2,1H3,(H,20,23)(H,21,22). The number of aromatic nitrogens is 1. The molecule has 0 unspecified atom stereocenters. The number of carbonyl (C=O) groups is 3. The zero-order chi connectivity index (χ0) is 18.5. The van der Waals surface area contributed by atoms with Crippen LogP contribution < -0.4 is 15.4 Å². The number of hydrogen-bond donors (Lipinski definition) is 2. The smallest absolute Gasteiger partial charge is 0.397 e. The third-order valence-corrected chi connectivity index (χ3v) is 3.65. The largest absolute Gasteiger partial charge is 0.459 e. The number of ether oxygens (including phenoxy) is 2. The monoisotopic (exact) mass is 355 g/mol. The Morgan fingerprint density at radius 1 is 1.23 bits per heavy atom. The van der Waals surface area contributed by atoms with Crippen molar-refractivity contribution < 1.29 is 23.9 Å². The maximum atomic E-state index is 11.6. The van der Waals surface area contributed by atoms with E-state index < -0.39 is 11.9 Å². The Hall–Kier alpha value is -3.42. The number of anilines is 2. The lowest BCUT2D eigenvalue weighted by atomic mass is 10.0. The van der Waals surface area contributed by atoms with Gasteiger partial charge in [-0.05, 0) is 31.0 Å². The van der Waals surface area contributed by atoms with Crippen molar-refractivity contribution in [2.45, 2.75) is 19.8 Å². The topological polar surface area (TPSA) is 107 Å². The molecule has 0 bridgehead atoms. The van der Waals surface area contributed by atoms with E-state index in [9.17, 15) is 14.4 Å². The van der Waals surface area contributed by atoms with Gasteiger partial charge >= 0.3 is 11.9 Å². The summed E-state index contributed by atoms with van der Waals surface area (Å²) in [4.78, 5) is 38.4. The van der Waals surface area contributed by atoms with Crippen LogP contribution in [0, 0.1) is 0 Å². The van der Waals surface area contributed by atoms with Crippen molar-refractivity contribution in [1.82, 2.24) is 4.98 Å². The quantitative estimate of drug-likeness (QED) is 0.644. The van der Waals surface area contributed by atoms with E-state index in [-0.39, 0.29) is 12.5 Å². The minimum Gasteiger partial charge on any atom is -0.459 e. The predicted molar refractivity (Wildman–Crippen MR) is 93.0 cm³/mol. The molecule has 3 rings (SSSR count). The van der Waals surface area contributed by atoms with E-state index in [1.54, 1.807) is 31.2 Å². The minimum atomic E-state index is -0.955. The summed E-state index contributed by atoms with van der Waals surface area (Å²) in [6, 6.07) is 8.55. The molecule has 2 aromatic rings. The normalized spacial score (nSPS) is 12.6. The van der Waals surface area contributed by atoms with Gasteiger partial charge in [0.2, 0.25) is 11.8 Å². The van der Waals surface area contributed by atoms with E-state index in [2.05, 4.69) is 20.4 Å². The van der Waals surface area contributed by atoms with Crippen molar-refractivity contribution in [3.63, 3.8) is 0 Å². The molecule has 0 saturated heterocycles. The van der Waals surface area contributed by atoms with Crippen molar-refractivity contribution in [2.75, 3.05) is 17.2 Å². The number of hydrogen-bond acceptors (Lipinski definition) is 6. The van der Waals surface area contributed by atoms with Crippen LogP contribution in [-0.2, 0) is 25.5 Å². The van der Waals surface area contributed by atoms with E-state index in [1.165, 1.54) is 6.20 Å². The maximum Gasteiger partial charge on any atom is 0.397 e. The summed E-state index contributed by atoms with van der Waals surface area (Å²) in [7, 11) is 0. The Bertz CT molecular complexity index is 848. The third kappa shape index (κ3) is 4.15. The van der Waals surface area contributed by atoms with Crippen LogP contribution in [0.5, 0.6) is 11.6 Å². The Morgan fingerprint density at radius 3 is 2.81 bits per heavy atom. The zero-order valence-corrected chi connectivity index (χ0v) is 14.1. The van der Waals surface area contributed by atoms with Crippen LogP contribution in [-0.4, -0.2) is 29.4 Å². The Kier molecular flexibility index (Phi) is 5.12. The van der Waals surface area contributed by atoms with Crippen molar-refractivity contribution in [1.29, 1.82) is 0 Å². The van der Waals surface area contributed by atoms with Gasteiger partial charge in [0.25, 0.3) is 0 Å². The first kappa shape index (κ1) is 17.4. The van der Waals surface area contributed by atoms with E-state index >= 15 is 0 Å². The van der Waals surface area contributed by atoms with Gasteiger partial charge < -0.3 is 20.1 Å². The molecule has 2 N–H and O–H groups in total.